The number of carbonyl (C=O) groups is 1. The van der Waals surface area contributed by atoms with Crippen molar-refractivity contribution >= 4 is 15.9 Å². The minimum absolute atomic E-state index is 0.0648. The van der Waals surface area contributed by atoms with Crippen LogP contribution in [0, 0.1) is 0 Å². The molecule has 19 heavy (non-hydrogen) atoms. The molecule has 1 aliphatic heterocycles. The molecule has 1 amide bonds. The molecule has 0 aliphatic carbocycles. The minimum atomic E-state index is -3.55. The molecule has 5 nitrogen and oxygen atoms in total. The maximum absolute atomic E-state index is 11.1. The topological polar surface area (TPSA) is 83.5 Å². The van der Waals surface area contributed by atoms with Gasteiger partial charge in [0.15, 0.2) is 0 Å². The summed E-state index contributed by atoms with van der Waals surface area (Å²) in [5.41, 5.74) is 0.220. The second kappa shape index (κ2) is 5.11. The Labute approximate surface area is 110 Å². The van der Waals surface area contributed by atoms with E-state index in [1.165, 1.54) is 12.1 Å². The first-order chi connectivity index (χ1) is 9.00. The number of aromatic hydroxyl groups is 1. The number of phenols is 1. The van der Waals surface area contributed by atoms with Crippen molar-refractivity contribution in [2.45, 2.75) is 4.90 Å². The molecule has 0 fully saturated rings. The van der Waals surface area contributed by atoms with E-state index in [1.54, 1.807) is 36.4 Å². The van der Waals surface area contributed by atoms with Crippen molar-refractivity contribution in [3.63, 3.8) is 0 Å². The summed E-state index contributed by atoms with van der Waals surface area (Å²) in [5.74, 6) is -0.229. The molecule has 1 heterocycles. The third-order valence-corrected chi connectivity index (χ3v) is 3.79. The molecular weight excluding hydrogens is 266 g/mol. The van der Waals surface area contributed by atoms with E-state index in [4.69, 9.17) is 5.11 Å². The number of rotatable bonds is 0. The molecule has 3 rings (SSSR count). The van der Waals surface area contributed by atoms with Gasteiger partial charge in [0.2, 0.25) is 0 Å². The summed E-state index contributed by atoms with van der Waals surface area (Å²) < 4.78 is 24.2. The molecule has 98 valence electrons. The highest BCUT2D eigenvalue weighted by atomic mass is 32.2. The summed E-state index contributed by atoms with van der Waals surface area (Å²) in [6, 6.07) is 14.8. The van der Waals surface area contributed by atoms with Gasteiger partial charge in [0.25, 0.3) is 15.9 Å². The van der Waals surface area contributed by atoms with Crippen LogP contribution in [0.15, 0.2) is 59.5 Å². The third kappa shape index (κ3) is 2.92. The van der Waals surface area contributed by atoms with E-state index in [9.17, 15) is 13.2 Å². The Morgan fingerprint density at radius 1 is 0.895 bits per heavy atom. The molecule has 0 spiro atoms. The first-order valence-electron chi connectivity index (χ1n) is 5.41. The average molecular weight is 277 g/mol. The van der Waals surface area contributed by atoms with Crippen LogP contribution in [-0.2, 0) is 10.0 Å². The number of phenolic OH excluding ortho intramolecular Hbond substituents is 1. The Bertz CT molecular complexity index is 696. The second-order valence-corrected chi connectivity index (χ2v) is 5.42. The molecular formula is C13H11NO4S. The van der Waals surface area contributed by atoms with Crippen LogP contribution in [-0.4, -0.2) is 19.4 Å². The number of carbonyl (C=O) groups excluding carboxylic acids is 1. The van der Waals surface area contributed by atoms with E-state index in [0.717, 1.165) is 0 Å². The van der Waals surface area contributed by atoms with E-state index in [2.05, 4.69) is 0 Å². The van der Waals surface area contributed by atoms with Crippen molar-refractivity contribution in [3.05, 3.63) is 60.2 Å². The van der Waals surface area contributed by atoms with Crippen LogP contribution in [0.3, 0.4) is 0 Å². The van der Waals surface area contributed by atoms with Crippen LogP contribution in [0.2, 0.25) is 0 Å². The van der Waals surface area contributed by atoms with Gasteiger partial charge in [0.05, 0.1) is 5.56 Å². The van der Waals surface area contributed by atoms with Crippen molar-refractivity contribution in [1.29, 1.82) is 0 Å². The Morgan fingerprint density at radius 2 is 1.47 bits per heavy atom. The first kappa shape index (κ1) is 13.1. The molecule has 0 atom stereocenters. The zero-order valence-corrected chi connectivity index (χ0v) is 10.6. The van der Waals surface area contributed by atoms with Crippen molar-refractivity contribution in [2.24, 2.45) is 0 Å². The minimum Gasteiger partial charge on any atom is -0.508 e. The highest BCUT2D eigenvalue weighted by molar-refractivity contribution is 7.90. The Hall–Kier alpha value is -2.34. The Kier molecular flexibility index (Phi) is 3.52. The number of amides is 1. The van der Waals surface area contributed by atoms with Crippen molar-refractivity contribution in [2.75, 3.05) is 0 Å². The molecule has 2 aromatic carbocycles. The van der Waals surface area contributed by atoms with E-state index >= 15 is 0 Å². The van der Waals surface area contributed by atoms with Gasteiger partial charge < -0.3 is 5.11 Å². The fraction of sp³-hybridized carbons (Fsp3) is 0. The summed E-state index contributed by atoms with van der Waals surface area (Å²) in [7, 11) is -3.55. The van der Waals surface area contributed by atoms with Gasteiger partial charge in [0.1, 0.15) is 10.6 Å². The highest BCUT2D eigenvalue weighted by Gasteiger charge is 2.31. The lowest BCUT2D eigenvalue weighted by Gasteiger charge is -1.91. The number of hydrogen-bond donors (Lipinski definition) is 2. The molecule has 6 heteroatoms. The van der Waals surface area contributed by atoms with E-state index in [1.807, 2.05) is 10.8 Å². The van der Waals surface area contributed by atoms with E-state index in [0.29, 0.717) is 5.75 Å². The largest absolute Gasteiger partial charge is 0.508 e. The van der Waals surface area contributed by atoms with Crippen molar-refractivity contribution < 1.29 is 18.3 Å². The zero-order chi connectivity index (χ0) is 13.9. The quantitative estimate of drug-likeness (QED) is 0.764. The maximum Gasteiger partial charge on any atom is 0.266 e. The first-order valence-corrected chi connectivity index (χ1v) is 6.89. The van der Waals surface area contributed by atoms with Crippen LogP contribution < -0.4 is 4.72 Å². The van der Waals surface area contributed by atoms with Gasteiger partial charge in [-0.25, -0.2) is 13.1 Å². The molecule has 0 saturated carbocycles. The predicted molar refractivity (Wildman–Crippen MR) is 69.2 cm³/mol. The van der Waals surface area contributed by atoms with Gasteiger partial charge in [-0.05, 0) is 24.3 Å². The summed E-state index contributed by atoms with van der Waals surface area (Å²) >= 11 is 0. The van der Waals surface area contributed by atoms with Gasteiger partial charge in [0, 0.05) is 0 Å². The number of para-hydroxylation sites is 1. The number of nitrogens with one attached hydrogen (secondary N) is 1. The number of sulfonamides is 1. The van der Waals surface area contributed by atoms with Crippen LogP contribution in [0.5, 0.6) is 5.75 Å². The average Bonchev–Trinajstić information content (AvgIpc) is 2.62. The van der Waals surface area contributed by atoms with Gasteiger partial charge in [-0.15, -0.1) is 0 Å². The van der Waals surface area contributed by atoms with Crippen LogP contribution in [0.4, 0.5) is 0 Å². The Morgan fingerprint density at radius 3 is 2.00 bits per heavy atom. The summed E-state index contributed by atoms with van der Waals surface area (Å²) in [6.07, 6.45) is 0. The lowest BCUT2D eigenvalue weighted by molar-refractivity contribution is 0.0985. The standard InChI is InChI=1S/C7H5NO3S.C6H6O/c9-7-5-3-1-2-4-6(5)12(10,11)8-7;7-6-4-2-1-3-5-6/h1-4H,(H,8,9);1-5,7H. The molecule has 0 unspecified atom stereocenters. The number of benzene rings is 2. The lowest BCUT2D eigenvalue weighted by Crippen LogP contribution is -2.20. The van der Waals surface area contributed by atoms with Crippen LogP contribution >= 0.6 is 0 Å². The lowest BCUT2D eigenvalue weighted by atomic mass is 10.2. The second-order valence-electron chi connectivity index (χ2n) is 3.77. The third-order valence-electron chi connectivity index (χ3n) is 2.40. The van der Waals surface area contributed by atoms with Crippen LogP contribution in [0.25, 0.3) is 0 Å². The van der Waals surface area contributed by atoms with E-state index in [-0.39, 0.29) is 10.5 Å². The molecule has 0 saturated heterocycles. The monoisotopic (exact) mass is 277 g/mol. The summed E-state index contributed by atoms with van der Waals surface area (Å²) in [6.45, 7) is 0. The molecule has 0 bridgehead atoms. The van der Waals surface area contributed by atoms with Crippen LogP contribution in [0.1, 0.15) is 10.4 Å². The molecule has 2 aromatic rings. The number of fused-ring (bicyclic) bond motifs is 1. The molecule has 0 radical (unpaired) electrons. The summed E-state index contributed by atoms with van der Waals surface area (Å²) in [4.78, 5) is 11.1. The fourth-order valence-electron chi connectivity index (χ4n) is 1.55. The van der Waals surface area contributed by atoms with E-state index < -0.39 is 15.9 Å². The molecule has 2 N–H and O–H groups in total. The number of hydrogen-bond acceptors (Lipinski definition) is 4. The smallest absolute Gasteiger partial charge is 0.266 e. The highest BCUT2D eigenvalue weighted by Crippen LogP contribution is 2.20. The summed E-state index contributed by atoms with van der Waals surface area (Å²) in [5, 5.41) is 8.63. The van der Waals surface area contributed by atoms with Crippen molar-refractivity contribution in [1.82, 2.24) is 4.72 Å². The zero-order valence-electron chi connectivity index (χ0n) is 9.78. The fourth-order valence-corrected chi connectivity index (χ4v) is 2.72. The van der Waals surface area contributed by atoms with Gasteiger partial charge in [-0.2, -0.15) is 0 Å². The molecule has 1 aliphatic rings. The SMILES string of the molecule is O=C1NS(=O)(=O)c2ccccc21.Oc1ccccc1. The van der Waals surface area contributed by atoms with Gasteiger partial charge >= 0.3 is 0 Å². The van der Waals surface area contributed by atoms with Gasteiger partial charge in [-0.3, -0.25) is 4.79 Å². The van der Waals surface area contributed by atoms with Crippen molar-refractivity contribution in [3.8, 4) is 5.75 Å². The normalized spacial score (nSPS) is 14.8. The Balaban J connectivity index is 0.000000163. The predicted octanol–water partition coefficient (Wildman–Crippen LogP) is 1.51. The van der Waals surface area contributed by atoms with Gasteiger partial charge in [-0.1, -0.05) is 30.3 Å². The maximum atomic E-state index is 11.1. The molecule has 0 aromatic heterocycles.